The van der Waals surface area contributed by atoms with Gasteiger partial charge >= 0.3 is 12.1 Å². The molecule has 1 N–H and O–H groups in total. The molecule has 2 rings (SSSR count). The van der Waals surface area contributed by atoms with Crippen LogP contribution in [0.4, 0.5) is 10.5 Å². The second-order valence-corrected chi connectivity index (χ2v) is 5.76. The van der Waals surface area contributed by atoms with Crippen molar-refractivity contribution in [2.45, 2.75) is 26.3 Å². The minimum atomic E-state index is -0.779. The summed E-state index contributed by atoms with van der Waals surface area (Å²) in [5, 5.41) is 13.3. The lowest BCUT2D eigenvalue weighted by Gasteiger charge is -2.18. The average molecular weight is 372 g/mol. The fraction of sp³-hybridized carbons (Fsp3) is 0.263. The highest BCUT2D eigenvalue weighted by Crippen LogP contribution is 2.20. The summed E-state index contributed by atoms with van der Waals surface area (Å²) >= 11 is 0. The van der Waals surface area contributed by atoms with Gasteiger partial charge in [0.2, 0.25) is 0 Å². The molecule has 0 aliphatic rings. The third kappa shape index (κ3) is 6.10. The van der Waals surface area contributed by atoms with E-state index in [0.29, 0.717) is 0 Å². The Balaban J connectivity index is 2.08. The van der Waals surface area contributed by atoms with Crippen molar-refractivity contribution in [2.24, 2.45) is 0 Å². The molecule has 0 saturated carbocycles. The van der Waals surface area contributed by atoms with E-state index in [-0.39, 0.29) is 24.5 Å². The summed E-state index contributed by atoms with van der Waals surface area (Å²) in [6.07, 6.45) is -0.828. The number of benzene rings is 2. The third-order valence-electron chi connectivity index (χ3n) is 3.71. The summed E-state index contributed by atoms with van der Waals surface area (Å²) in [5.74, 6) is -0.296. The zero-order chi connectivity index (χ0) is 19.8. The van der Waals surface area contributed by atoms with E-state index < -0.39 is 23.0 Å². The SMILES string of the molecule is CCOC(=O)C[C@H](NC(=O)Oc1ccc([N+](=O)[O-])cc1)c1ccc(C)cc1. The minimum absolute atomic E-state index is 0.0493. The lowest BCUT2D eigenvalue weighted by molar-refractivity contribution is -0.384. The van der Waals surface area contributed by atoms with Crippen molar-refractivity contribution in [1.82, 2.24) is 5.32 Å². The zero-order valence-electron chi connectivity index (χ0n) is 15.0. The third-order valence-corrected chi connectivity index (χ3v) is 3.71. The Morgan fingerprint density at radius 1 is 1.11 bits per heavy atom. The maximum Gasteiger partial charge on any atom is 0.413 e. The summed E-state index contributed by atoms with van der Waals surface area (Å²) in [6.45, 7) is 3.88. The Bertz CT molecular complexity index is 802. The van der Waals surface area contributed by atoms with Crippen LogP contribution in [0.3, 0.4) is 0 Å². The van der Waals surface area contributed by atoms with Crippen LogP contribution < -0.4 is 10.1 Å². The van der Waals surface area contributed by atoms with Gasteiger partial charge in [0.15, 0.2) is 0 Å². The van der Waals surface area contributed by atoms with Gasteiger partial charge in [-0.05, 0) is 31.5 Å². The molecule has 27 heavy (non-hydrogen) atoms. The van der Waals surface area contributed by atoms with Crippen LogP contribution in [0.25, 0.3) is 0 Å². The molecule has 0 aliphatic heterocycles. The minimum Gasteiger partial charge on any atom is -0.466 e. The molecule has 1 amide bonds. The van der Waals surface area contributed by atoms with Gasteiger partial charge in [-0.1, -0.05) is 29.8 Å². The van der Waals surface area contributed by atoms with E-state index in [1.807, 2.05) is 31.2 Å². The van der Waals surface area contributed by atoms with E-state index in [2.05, 4.69) is 5.32 Å². The number of hydrogen-bond acceptors (Lipinski definition) is 6. The van der Waals surface area contributed by atoms with Gasteiger partial charge in [-0.2, -0.15) is 0 Å². The van der Waals surface area contributed by atoms with E-state index in [9.17, 15) is 19.7 Å². The molecule has 0 spiro atoms. The Kier molecular flexibility index (Phi) is 6.87. The summed E-state index contributed by atoms with van der Waals surface area (Å²) in [5.41, 5.74) is 1.67. The molecule has 0 aromatic heterocycles. The summed E-state index contributed by atoms with van der Waals surface area (Å²) in [4.78, 5) is 34.2. The first-order valence-corrected chi connectivity index (χ1v) is 8.34. The van der Waals surface area contributed by atoms with Gasteiger partial charge < -0.3 is 14.8 Å². The number of esters is 1. The lowest BCUT2D eigenvalue weighted by Crippen LogP contribution is -2.32. The fourth-order valence-electron chi connectivity index (χ4n) is 2.35. The lowest BCUT2D eigenvalue weighted by atomic mass is 10.0. The molecule has 8 nitrogen and oxygen atoms in total. The Hall–Kier alpha value is -3.42. The van der Waals surface area contributed by atoms with Gasteiger partial charge in [-0.15, -0.1) is 0 Å². The molecule has 8 heteroatoms. The van der Waals surface area contributed by atoms with Crippen LogP contribution in [0.15, 0.2) is 48.5 Å². The fourth-order valence-corrected chi connectivity index (χ4v) is 2.35. The second kappa shape index (κ2) is 9.33. The van der Waals surface area contributed by atoms with Crippen molar-refractivity contribution < 1.29 is 24.0 Å². The van der Waals surface area contributed by atoms with E-state index in [0.717, 1.165) is 11.1 Å². The standard InChI is InChI=1S/C19H20N2O6/c1-3-26-18(22)12-17(14-6-4-13(2)5-7-14)20-19(23)27-16-10-8-15(9-11-16)21(24)25/h4-11,17H,3,12H2,1-2H3,(H,20,23)/t17-/m0/s1. The number of carbonyl (C=O) groups excluding carboxylic acids is 2. The molecule has 2 aromatic carbocycles. The van der Waals surface area contributed by atoms with Crippen molar-refractivity contribution in [1.29, 1.82) is 0 Å². The first-order valence-electron chi connectivity index (χ1n) is 8.34. The van der Waals surface area contributed by atoms with Gasteiger partial charge in [-0.3, -0.25) is 14.9 Å². The number of carbonyl (C=O) groups is 2. The molecule has 0 unspecified atom stereocenters. The van der Waals surface area contributed by atoms with Crippen molar-refractivity contribution >= 4 is 17.7 Å². The van der Waals surface area contributed by atoms with Gasteiger partial charge in [0.25, 0.3) is 5.69 Å². The topological polar surface area (TPSA) is 108 Å². The van der Waals surface area contributed by atoms with Gasteiger partial charge in [0.05, 0.1) is 24.0 Å². The Morgan fingerprint density at radius 3 is 2.30 bits per heavy atom. The molecule has 0 heterocycles. The van der Waals surface area contributed by atoms with Gasteiger partial charge in [0, 0.05) is 12.1 Å². The molecular weight excluding hydrogens is 352 g/mol. The monoisotopic (exact) mass is 372 g/mol. The first kappa shape index (κ1) is 19.9. The van der Waals surface area contributed by atoms with E-state index in [1.54, 1.807) is 6.92 Å². The number of nitrogens with one attached hydrogen (secondary N) is 1. The molecular formula is C19H20N2O6. The smallest absolute Gasteiger partial charge is 0.413 e. The molecule has 142 valence electrons. The van der Waals surface area contributed by atoms with Crippen molar-refractivity contribution in [3.8, 4) is 5.75 Å². The van der Waals surface area contributed by atoms with Crippen LogP contribution in [-0.2, 0) is 9.53 Å². The number of rotatable bonds is 7. The van der Waals surface area contributed by atoms with E-state index >= 15 is 0 Å². The van der Waals surface area contributed by atoms with Gasteiger partial charge in [-0.25, -0.2) is 4.79 Å². The average Bonchev–Trinajstić information content (AvgIpc) is 2.62. The van der Waals surface area contributed by atoms with Crippen molar-refractivity contribution in [3.05, 3.63) is 69.8 Å². The summed E-state index contributed by atoms with van der Waals surface area (Å²) < 4.78 is 10.1. The van der Waals surface area contributed by atoms with Crippen LogP contribution in [-0.4, -0.2) is 23.6 Å². The van der Waals surface area contributed by atoms with Crippen LogP contribution in [0.1, 0.15) is 30.5 Å². The normalized spacial score (nSPS) is 11.3. The first-order chi connectivity index (χ1) is 12.9. The zero-order valence-corrected chi connectivity index (χ0v) is 15.0. The maximum absolute atomic E-state index is 12.2. The number of non-ortho nitro benzene ring substituents is 1. The van der Waals surface area contributed by atoms with Crippen LogP contribution in [0.2, 0.25) is 0 Å². The number of hydrogen-bond donors (Lipinski definition) is 1. The summed E-state index contributed by atoms with van der Waals surface area (Å²) in [6, 6.07) is 11.9. The molecule has 2 aromatic rings. The highest BCUT2D eigenvalue weighted by Gasteiger charge is 2.20. The number of nitrogens with zero attached hydrogens (tertiary/aromatic N) is 1. The predicted octanol–water partition coefficient (Wildman–Crippen LogP) is 3.69. The second-order valence-electron chi connectivity index (χ2n) is 5.76. The number of aryl methyl sites for hydroxylation is 1. The predicted molar refractivity (Wildman–Crippen MR) is 97.4 cm³/mol. The Labute approximate surface area is 156 Å². The van der Waals surface area contributed by atoms with Crippen molar-refractivity contribution in [3.63, 3.8) is 0 Å². The number of amides is 1. The highest BCUT2D eigenvalue weighted by molar-refractivity contribution is 5.74. The van der Waals surface area contributed by atoms with E-state index in [4.69, 9.17) is 9.47 Å². The van der Waals surface area contributed by atoms with Crippen LogP contribution in [0, 0.1) is 17.0 Å². The maximum atomic E-state index is 12.2. The molecule has 0 fully saturated rings. The Morgan fingerprint density at radius 2 is 1.74 bits per heavy atom. The quantitative estimate of drug-likeness (QED) is 0.451. The number of nitro benzene ring substituents is 1. The van der Waals surface area contributed by atoms with Gasteiger partial charge in [0.1, 0.15) is 5.75 Å². The largest absolute Gasteiger partial charge is 0.466 e. The highest BCUT2D eigenvalue weighted by atomic mass is 16.6. The summed E-state index contributed by atoms with van der Waals surface area (Å²) in [7, 11) is 0. The van der Waals surface area contributed by atoms with Crippen LogP contribution in [0.5, 0.6) is 5.75 Å². The number of nitro groups is 1. The number of ether oxygens (including phenoxy) is 2. The molecule has 0 bridgehead atoms. The van der Waals surface area contributed by atoms with Crippen molar-refractivity contribution in [2.75, 3.05) is 6.61 Å². The molecule has 0 radical (unpaired) electrons. The van der Waals surface area contributed by atoms with E-state index in [1.165, 1.54) is 24.3 Å². The van der Waals surface area contributed by atoms with Crippen LogP contribution >= 0.6 is 0 Å². The molecule has 1 atom stereocenters. The molecule has 0 aliphatic carbocycles. The molecule has 0 saturated heterocycles.